The lowest BCUT2D eigenvalue weighted by molar-refractivity contribution is -0.147. The molecule has 5 rings (SSSR count). The van der Waals surface area contributed by atoms with Crippen LogP contribution in [0.3, 0.4) is 0 Å². The fourth-order valence-electron chi connectivity index (χ4n) is 8.60. The molecule has 224 valence electrons. The van der Waals surface area contributed by atoms with Crippen LogP contribution in [0.4, 0.5) is 0 Å². The van der Waals surface area contributed by atoms with Crippen LogP contribution in [0.2, 0.25) is 0 Å². The van der Waals surface area contributed by atoms with Crippen molar-refractivity contribution < 1.29 is 29.4 Å². The molecule has 3 N–H and O–H groups in total. The van der Waals surface area contributed by atoms with Crippen LogP contribution in [0.5, 0.6) is 5.75 Å². The number of aliphatic hydroxyl groups is 1. The Morgan fingerprint density at radius 2 is 1.78 bits per heavy atom. The first-order valence-corrected chi connectivity index (χ1v) is 15.3. The number of allylic oxidation sites excluding steroid dienone is 2. The zero-order chi connectivity index (χ0) is 29.4. The number of oxime groups is 1. The number of phenols is 1. The monoisotopic (exact) mass is 566 g/mol. The van der Waals surface area contributed by atoms with Crippen molar-refractivity contribution >= 4 is 17.6 Å². The highest BCUT2D eigenvalue weighted by Gasteiger charge is 2.62. The molecule has 0 spiro atoms. The summed E-state index contributed by atoms with van der Waals surface area (Å²) in [7, 11) is 0. The van der Waals surface area contributed by atoms with Gasteiger partial charge in [0, 0.05) is 6.42 Å². The molecule has 0 aliphatic heterocycles. The average molecular weight is 567 g/mol. The largest absolute Gasteiger partial charge is 0.508 e. The molecule has 4 aliphatic rings. The van der Waals surface area contributed by atoms with Gasteiger partial charge in [-0.2, -0.15) is 0 Å². The van der Waals surface area contributed by atoms with Crippen LogP contribution in [0.25, 0.3) is 0 Å². The molecule has 3 saturated carbocycles. The molecule has 41 heavy (non-hydrogen) atoms. The molecule has 1 aromatic rings. The summed E-state index contributed by atoms with van der Waals surface area (Å²) >= 11 is 0. The highest BCUT2D eigenvalue weighted by molar-refractivity contribution is 5.96. The van der Waals surface area contributed by atoms with Gasteiger partial charge in [0.2, 0.25) is 0 Å². The van der Waals surface area contributed by atoms with E-state index in [2.05, 4.69) is 37.3 Å². The van der Waals surface area contributed by atoms with E-state index in [0.29, 0.717) is 17.8 Å². The number of hydrogen-bond donors (Lipinski definition) is 3. The standard InChI is InChI=1S/C33H46N2O6/c1-5-40-30(38)28(18-21-6-9-24(36)10-7-21)34-29(37)20-41-35-23-12-15-31(2)22(19-23)8-11-25-26(31)13-16-32(3)27(25)14-17-33(32,4)39/h6-7,9-10,19,25-28,36,39H,5,8,11-18,20H2,1-4H3,(H,34,37)/b35-23+/t25-,26?,27?,28?,31+,32+,33+/m0/s1. The van der Waals surface area contributed by atoms with Gasteiger partial charge in [0.15, 0.2) is 6.61 Å². The molecule has 3 unspecified atom stereocenters. The van der Waals surface area contributed by atoms with E-state index in [1.54, 1.807) is 31.2 Å². The van der Waals surface area contributed by atoms with Crippen LogP contribution < -0.4 is 5.32 Å². The predicted octanol–water partition coefficient (Wildman–Crippen LogP) is 5.07. The van der Waals surface area contributed by atoms with Gasteiger partial charge in [-0.15, -0.1) is 0 Å². The number of phenolic OH excluding ortho intramolecular Hbond substituents is 1. The Labute approximate surface area is 243 Å². The minimum atomic E-state index is -0.864. The van der Waals surface area contributed by atoms with Gasteiger partial charge in [-0.05, 0) is 118 Å². The molecule has 0 saturated heterocycles. The van der Waals surface area contributed by atoms with Crippen molar-refractivity contribution in [1.82, 2.24) is 5.32 Å². The Kier molecular flexibility index (Phi) is 8.25. The first kappa shape index (κ1) is 29.6. The van der Waals surface area contributed by atoms with E-state index in [1.807, 2.05) is 0 Å². The molecule has 0 bridgehead atoms. The second-order valence-electron chi connectivity index (χ2n) is 13.4. The number of rotatable bonds is 8. The molecule has 0 aromatic heterocycles. The fraction of sp³-hybridized carbons (Fsp3) is 0.667. The summed E-state index contributed by atoms with van der Waals surface area (Å²) in [4.78, 5) is 30.6. The maximum Gasteiger partial charge on any atom is 0.328 e. The second-order valence-corrected chi connectivity index (χ2v) is 13.4. The lowest BCUT2D eigenvalue weighted by Gasteiger charge is -2.59. The zero-order valence-electron chi connectivity index (χ0n) is 24.9. The third-order valence-electron chi connectivity index (χ3n) is 11.2. The van der Waals surface area contributed by atoms with E-state index in [1.165, 1.54) is 5.57 Å². The highest BCUT2D eigenvalue weighted by Crippen LogP contribution is 2.67. The lowest BCUT2D eigenvalue weighted by atomic mass is 9.46. The molecular formula is C33H46N2O6. The summed E-state index contributed by atoms with van der Waals surface area (Å²) in [5.74, 6) is 1.07. The minimum Gasteiger partial charge on any atom is -0.508 e. The minimum absolute atomic E-state index is 0.0256. The molecule has 0 heterocycles. The maximum absolute atomic E-state index is 12.7. The van der Waals surface area contributed by atoms with E-state index < -0.39 is 23.5 Å². The SMILES string of the molecule is CCOC(=O)C(Cc1ccc(O)cc1)NC(=O)CO/N=C1/C=C2CC[C@H]3C(CC[C@]4(C)C3CC[C@@]4(C)O)[C@]2(C)CC1. The van der Waals surface area contributed by atoms with E-state index in [4.69, 9.17) is 9.57 Å². The number of nitrogens with zero attached hydrogens (tertiary/aromatic N) is 1. The van der Waals surface area contributed by atoms with Gasteiger partial charge < -0.3 is 25.1 Å². The lowest BCUT2D eigenvalue weighted by Crippen LogP contribution is -2.53. The number of hydrogen-bond acceptors (Lipinski definition) is 7. The van der Waals surface area contributed by atoms with E-state index in [-0.39, 0.29) is 36.2 Å². The summed E-state index contributed by atoms with van der Waals surface area (Å²) in [6, 6.07) is 5.63. The number of carbonyl (C=O) groups excluding carboxylic acids is 2. The van der Waals surface area contributed by atoms with Crippen molar-refractivity contribution in [3.8, 4) is 5.75 Å². The van der Waals surface area contributed by atoms with Crippen molar-refractivity contribution in [2.24, 2.45) is 33.7 Å². The zero-order valence-corrected chi connectivity index (χ0v) is 24.9. The van der Waals surface area contributed by atoms with Crippen LogP contribution in [0, 0.1) is 28.6 Å². The van der Waals surface area contributed by atoms with E-state index >= 15 is 0 Å². The van der Waals surface area contributed by atoms with Crippen molar-refractivity contribution in [3.05, 3.63) is 41.5 Å². The number of esters is 1. The number of ether oxygens (including phenoxy) is 1. The van der Waals surface area contributed by atoms with Gasteiger partial charge in [0.05, 0.1) is 17.9 Å². The smallest absolute Gasteiger partial charge is 0.328 e. The second kappa shape index (κ2) is 11.4. The van der Waals surface area contributed by atoms with Crippen LogP contribution in [0.15, 0.2) is 41.1 Å². The Balaban J connectivity index is 1.19. The van der Waals surface area contributed by atoms with Gasteiger partial charge in [-0.25, -0.2) is 4.79 Å². The van der Waals surface area contributed by atoms with Crippen LogP contribution in [0.1, 0.15) is 84.6 Å². The van der Waals surface area contributed by atoms with Gasteiger partial charge in [-0.3, -0.25) is 4.79 Å². The Morgan fingerprint density at radius 1 is 1.05 bits per heavy atom. The number of amides is 1. The normalized spacial score (nSPS) is 35.9. The van der Waals surface area contributed by atoms with E-state index in [0.717, 1.165) is 62.6 Å². The number of aromatic hydroxyl groups is 1. The number of benzene rings is 1. The van der Waals surface area contributed by atoms with Gasteiger partial charge in [0.25, 0.3) is 5.91 Å². The van der Waals surface area contributed by atoms with Crippen molar-refractivity contribution in [2.75, 3.05) is 13.2 Å². The maximum atomic E-state index is 12.7. The Bertz CT molecular complexity index is 1210. The van der Waals surface area contributed by atoms with Crippen LogP contribution in [-0.4, -0.2) is 52.7 Å². The summed E-state index contributed by atoms with van der Waals surface area (Å²) in [5, 5.41) is 27.7. The molecule has 8 nitrogen and oxygen atoms in total. The molecule has 1 aromatic carbocycles. The summed E-state index contributed by atoms with van der Waals surface area (Å²) in [5.41, 5.74) is 2.71. The average Bonchev–Trinajstić information content (AvgIpc) is 3.18. The van der Waals surface area contributed by atoms with Crippen molar-refractivity contribution in [3.63, 3.8) is 0 Å². The van der Waals surface area contributed by atoms with Crippen LogP contribution in [-0.2, 0) is 25.6 Å². The molecule has 3 fully saturated rings. The van der Waals surface area contributed by atoms with Gasteiger partial charge >= 0.3 is 5.97 Å². The molecule has 0 radical (unpaired) electrons. The quantitative estimate of drug-likeness (QED) is 0.299. The molecular weight excluding hydrogens is 520 g/mol. The summed E-state index contributed by atoms with van der Waals surface area (Å²) < 4.78 is 5.15. The number of carbonyl (C=O) groups is 2. The number of nitrogens with one attached hydrogen (secondary N) is 1. The fourth-order valence-corrected chi connectivity index (χ4v) is 8.60. The highest BCUT2D eigenvalue weighted by atomic mass is 16.6. The van der Waals surface area contributed by atoms with E-state index in [9.17, 15) is 19.8 Å². The topological polar surface area (TPSA) is 117 Å². The first-order valence-electron chi connectivity index (χ1n) is 15.3. The first-order chi connectivity index (χ1) is 19.5. The molecule has 4 aliphatic carbocycles. The summed E-state index contributed by atoms with van der Waals surface area (Å²) in [6.07, 6.45) is 10.8. The summed E-state index contributed by atoms with van der Waals surface area (Å²) in [6.45, 7) is 8.45. The predicted molar refractivity (Wildman–Crippen MR) is 156 cm³/mol. The Morgan fingerprint density at radius 3 is 2.51 bits per heavy atom. The van der Waals surface area contributed by atoms with Crippen molar-refractivity contribution in [1.29, 1.82) is 0 Å². The third kappa shape index (κ3) is 5.64. The molecule has 1 amide bonds. The Hall–Kier alpha value is -2.87. The number of fused-ring (bicyclic) bond motifs is 5. The molecule has 8 heteroatoms. The van der Waals surface area contributed by atoms with Gasteiger partial charge in [0.1, 0.15) is 11.8 Å². The van der Waals surface area contributed by atoms with Crippen LogP contribution >= 0.6 is 0 Å². The molecule has 7 atom stereocenters. The third-order valence-corrected chi connectivity index (χ3v) is 11.2. The van der Waals surface area contributed by atoms with Crippen molar-refractivity contribution in [2.45, 2.75) is 97.1 Å². The van der Waals surface area contributed by atoms with Gasteiger partial charge in [-0.1, -0.05) is 36.7 Å².